The predicted molar refractivity (Wildman–Crippen MR) is 96.8 cm³/mol. The molecule has 0 radical (unpaired) electrons. The van der Waals surface area contributed by atoms with Crippen LogP contribution in [0.3, 0.4) is 0 Å². The summed E-state index contributed by atoms with van der Waals surface area (Å²) >= 11 is 0. The van der Waals surface area contributed by atoms with Gasteiger partial charge < -0.3 is 19.3 Å². The SMILES string of the molecule is COC1C(=O)C2CCC3OCC3C2C(OC=O)C2(O)CCC(C)=C1C2(C)C. The largest absolute Gasteiger partial charge is 0.461 e. The molecule has 0 aromatic heterocycles. The maximum atomic E-state index is 13.6. The molecule has 1 N–H and O–H groups in total. The van der Waals surface area contributed by atoms with Crippen LogP contribution in [0.4, 0.5) is 0 Å². The molecule has 0 aromatic rings. The van der Waals surface area contributed by atoms with Crippen LogP contribution in [0.1, 0.15) is 46.5 Å². The summed E-state index contributed by atoms with van der Waals surface area (Å²) in [6.07, 6.45) is 1.35. The predicted octanol–water partition coefficient (Wildman–Crippen LogP) is 2.03. The lowest BCUT2D eigenvalue weighted by atomic mass is 9.50. The number of methoxy groups -OCH3 is 1. The smallest absolute Gasteiger partial charge is 0.293 e. The molecule has 6 nitrogen and oxygen atoms in total. The first kappa shape index (κ1) is 19.1. The van der Waals surface area contributed by atoms with Crippen molar-refractivity contribution in [3.63, 3.8) is 0 Å². The van der Waals surface area contributed by atoms with Gasteiger partial charge in [-0.1, -0.05) is 19.4 Å². The third-order valence-electron chi connectivity index (χ3n) is 7.94. The summed E-state index contributed by atoms with van der Waals surface area (Å²) in [4.78, 5) is 25.0. The van der Waals surface area contributed by atoms with Crippen LogP contribution in [-0.2, 0) is 23.8 Å². The molecular weight excluding hydrogens is 348 g/mol. The molecule has 1 aliphatic heterocycles. The minimum Gasteiger partial charge on any atom is -0.461 e. The van der Waals surface area contributed by atoms with Gasteiger partial charge in [0, 0.05) is 30.3 Å². The van der Waals surface area contributed by atoms with Gasteiger partial charge in [0.2, 0.25) is 0 Å². The van der Waals surface area contributed by atoms with Crippen molar-refractivity contribution >= 4 is 12.3 Å². The van der Waals surface area contributed by atoms with Gasteiger partial charge in [-0.15, -0.1) is 0 Å². The number of carbonyl (C=O) groups excluding carboxylic acids is 2. The van der Waals surface area contributed by atoms with Gasteiger partial charge in [-0.25, -0.2) is 0 Å². The fraction of sp³-hybridized carbons (Fsp3) is 0.810. The van der Waals surface area contributed by atoms with E-state index in [9.17, 15) is 14.7 Å². The lowest BCUT2D eigenvalue weighted by molar-refractivity contribution is -0.244. The number of hydrogen-bond acceptors (Lipinski definition) is 6. The second-order valence-electron chi connectivity index (χ2n) is 9.21. The summed E-state index contributed by atoms with van der Waals surface area (Å²) in [5.74, 6) is -0.354. The van der Waals surface area contributed by atoms with Crippen LogP contribution in [0.2, 0.25) is 0 Å². The van der Waals surface area contributed by atoms with Crippen molar-refractivity contribution in [1.82, 2.24) is 0 Å². The molecule has 0 amide bonds. The van der Waals surface area contributed by atoms with Crippen molar-refractivity contribution in [3.05, 3.63) is 11.1 Å². The van der Waals surface area contributed by atoms with E-state index in [1.807, 2.05) is 20.8 Å². The van der Waals surface area contributed by atoms with Gasteiger partial charge >= 0.3 is 0 Å². The average Bonchev–Trinajstić information content (AvgIpc) is 2.60. The zero-order valence-electron chi connectivity index (χ0n) is 16.6. The number of rotatable bonds is 3. The van der Waals surface area contributed by atoms with Crippen molar-refractivity contribution in [3.8, 4) is 0 Å². The zero-order valence-corrected chi connectivity index (χ0v) is 16.6. The molecular formula is C21H30O6. The van der Waals surface area contributed by atoms with Crippen molar-refractivity contribution in [2.75, 3.05) is 13.7 Å². The summed E-state index contributed by atoms with van der Waals surface area (Å²) in [6.45, 7) is 6.89. The van der Waals surface area contributed by atoms with Gasteiger partial charge in [0.05, 0.1) is 12.7 Å². The summed E-state index contributed by atoms with van der Waals surface area (Å²) < 4.78 is 17.1. The Hall–Kier alpha value is -1.24. The Labute approximate surface area is 160 Å². The van der Waals surface area contributed by atoms with Gasteiger partial charge in [0.15, 0.2) is 5.78 Å². The lowest BCUT2D eigenvalue weighted by Crippen LogP contribution is -2.69. The maximum absolute atomic E-state index is 13.6. The van der Waals surface area contributed by atoms with Gasteiger partial charge in [0.1, 0.15) is 17.8 Å². The third kappa shape index (κ3) is 2.42. The van der Waals surface area contributed by atoms with E-state index < -0.39 is 23.2 Å². The van der Waals surface area contributed by atoms with Crippen LogP contribution < -0.4 is 0 Å². The Morgan fingerprint density at radius 1 is 1.30 bits per heavy atom. The molecule has 4 aliphatic rings. The number of aliphatic hydroxyl groups is 1. The van der Waals surface area contributed by atoms with E-state index in [0.717, 1.165) is 17.6 Å². The normalized spacial score (nSPS) is 45.7. The van der Waals surface area contributed by atoms with Gasteiger partial charge in [0.25, 0.3) is 6.47 Å². The van der Waals surface area contributed by atoms with Crippen LogP contribution in [0, 0.1) is 23.2 Å². The molecule has 3 fully saturated rings. The highest BCUT2D eigenvalue weighted by atomic mass is 16.5. The first-order chi connectivity index (χ1) is 12.8. The van der Waals surface area contributed by atoms with E-state index >= 15 is 0 Å². The van der Waals surface area contributed by atoms with E-state index in [1.165, 1.54) is 0 Å². The minimum absolute atomic E-state index is 0.0544. The standard InChI is InChI=1S/C21H30O6/c1-11-7-8-21(24)19(27-10-22)15-12(5-6-14-13(15)9-26-14)17(23)18(25-4)16(11)20(21,2)3/h10,12-15,18-19,24H,5-9H2,1-4H3. The first-order valence-electron chi connectivity index (χ1n) is 9.97. The van der Waals surface area contributed by atoms with E-state index in [0.29, 0.717) is 32.3 Å². The summed E-state index contributed by atoms with van der Waals surface area (Å²) in [6, 6.07) is 0. The van der Waals surface area contributed by atoms with E-state index in [-0.39, 0.29) is 29.6 Å². The molecule has 3 aliphatic carbocycles. The number of carbonyl (C=O) groups is 2. The van der Waals surface area contributed by atoms with Crippen LogP contribution in [0.25, 0.3) is 0 Å². The molecule has 7 unspecified atom stereocenters. The molecule has 1 saturated heterocycles. The van der Waals surface area contributed by atoms with Gasteiger partial charge in [-0.3, -0.25) is 9.59 Å². The molecule has 27 heavy (non-hydrogen) atoms. The Balaban J connectivity index is 1.92. The fourth-order valence-electron chi connectivity index (χ4n) is 6.40. The minimum atomic E-state index is -1.25. The topological polar surface area (TPSA) is 82.1 Å². The highest BCUT2D eigenvalue weighted by Gasteiger charge is 2.65. The highest BCUT2D eigenvalue weighted by molar-refractivity contribution is 5.89. The van der Waals surface area contributed by atoms with E-state index in [2.05, 4.69) is 0 Å². The number of Topliss-reactive ketones (excluding diaryl/α,β-unsaturated/α-hetero) is 1. The molecule has 2 saturated carbocycles. The second-order valence-corrected chi connectivity index (χ2v) is 9.21. The second kappa shape index (κ2) is 6.39. The molecule has 0 aromatic carbocycles. The average molecular weight is 378 g/mol. The molecule has 0 spiro atoms. The van der Waals surface area contributed by atoms with E-state index in [1.54, 1.807) is 7.11 Å². The molecule has 4 rings (SSSR count). The third-order valence-corrected chi connectivity index (χ3v) is 7.94. The summed E-state index contributed by atoms with van der Waals surface area (Å²) in [5.41, 5.74) is -0.0507. The molecule has 1 heterocycles. The number of allylic oxidation sites excluding steroid dienone is 1. The quantitative estimate of drug-likeness (QED) is 0.598. The van der Waals surface area contributed by atoms with Crippen molar-refractivity contribution in [2.45, 2.75) is 70.4 Å². The van der Waals surface area contributed by atoms with Crippen LogP contribution in [0.15, 0.2) is 11.1 Å². The molecule has 7 atom stereocenters. The summed E-state index contributed by atoms with van der Waals surface area (Å²) in [5, 5.41) is 12.0. The Morgan fingerprint density at radius 3 is 2.63 bits per heavy atom. The Kier molecular flexibility index (Phi) is 4.52. The van der Waals surface area contributed by atoms with Crippen molar-refractivity contribution in [1.29, 1.82) is 0 Å². The van der Waals surface area contributed by atoms with Crippen LogP contribution in [0.5, 0.6) is 0 Å². The van der Waals surface area contributed by atoms with Crippen LogP contribution in [-0.4, -0.2) is 55.0 Å². The zero-order chi connectivity index (χ0) is 19.6. The number of fused-ring (bicyclic) bond motifs is 5. The Morgan fingerprint density at radius 2 is 2.04 bits per heavy atom. The molecule has 150 valence electrons. The monoisotopic (exact) mass is 378 g/mol. The molecule has 2 bridgehead atoms. The van der Waals surface area contributed by atoms with Gasteiger partial charge in [-0.2, -0.15) is 0 Å². The number of ketones is 1. The summed E-state index contributed by atoms with van der Waals surface area (Å²) in [7, 11) is 1.57. The van der Waals surface area contributed by atoms with Crippen molar-refractivity contribution in [2.24, 2.45) is 23.2 Å². The number of ether oxygens (including phenoxy) is 3. The van der Waals surface area contributed by atoms with E-state index in [4.69, 9.17) is 14.2 Å². The maximum Gasteiger partial charge on any atom is 0.293 e. The van der Waals surface area contributed by atoms with Gasteiger partial charge in [-0.05, 0) is 38.2 Å². The number of hydrogen-bond donors (Lipinski definition) is 1. The van der Waals surface area contributed by atoms with Crippen LogP contribution >= 0.6 is 0 Å². The molecule has 6 heteroatoms. The highest BCUT2D eigenvalue weighted by Crippen LogP contribution is 2.58. The fourth-order valence-corrected chi connectivity index (χ4v) is 6.40. The lowest BCUT2D eigenvalue weighted by Gasteiger charge is -2.60. The Bertz CT molecular complexity index is 682. The first-order valence-corrected chi connectivity index (χ1v) is 9.97. The van der Waals surface area contributed by atoms with Crippen molar-refractivity contribution < 1.29 is 28.9 Å².